The van der Waals surface area contributed by atoms with Crippen molar-refractivity contribution < 1.29 is 19.1 Å². The van der Waals surface area contributed by atoms with Gasteiger partial charge in [-0.25, -0.2) is 9.59 Å². The number of hydrogen-bond acceptors (Lipinski definition) is 4. The number of esters is 2. The number of carbonyl (C=O) groups is 2. The van der Waals surface area contributed by atoms with Gasteiger partial charge >= 0.3 is 11.9 Å². The fourth-order valence-corrected chi connectivity index (χ4v) is 5.33. The second-order valence-electron chi connectivity index (χ2n) is 8.29. The minimum atomic E-state index is -1.09. The summed E-state index contributed by atoms with van der Waals surface area (Å²) in [7, 11) is 0. The summed E-state index contributed by atoms with van der Waals surface area (Å²) in [4.78, 5) is 25.8. The molecule has 0 amide bonds. The molecule has 0 aliphatic heterocycles. The standard InChI is InChI=1S/C29H20Cl2O4/c30-23-15-7-13-21-22-14-8-16-24(31)26(22)29(25(21)23,17-34-27(32)19-9-3-1-4-10-19)18-35-28(33)20-11-5-2-6-12-20/h1-16H,17-18H2. The Hall–Kier alpha value is -3.60. The first kappa shape index (κ1) is 23.2. The topological polar surface area (TPSA) is 52.6 Å². The third-order valence-electron chi connectivity index (χ3n) is 6.19. The van der Waals surface area contributed by atoms with Gasteiger partial charge in [0.1, 0.15) is 13.2 Å². The Balaban J connectivity index is 1.59. The van der Waals surface area contributed by atoms with Crippen LogP contribution in [0.5, 0.6) is 0 Å². The molecular weight excluding hydrogens is 483 g/mol. The Kier molecular flexibility index (Phi) is 6.33. The lowest BCUT2D eigenvalue weighted by Gasteiger charge is -2.32. The molecule has 0 bridgehead atoms. The lowest BCUT2D eigenvalue weighted by Crippen LogP contribution is -2.39. The average molecular weight is 503 g/mol. The zero-order chi connectivity index (χ0) is 24.4. The van der Waals surface area contributed by atoms with E-state index in [1.54, 1.807) is 60.7 Å². The summed E-state index contributed by atoms with van der Waals surface area (Å²) >= 11 is 13.5. The Morgan fingerprint density at radius 1 is 0.571 bits per heavy atom. The lowest BCUT2D eigenvalue weighted by molar-refractivity contribution is 0.0247. The average Bonchev–Trinajstić information content (AvgIpc) is 3.19. The Morgan fingerprint density at radius 2 is 0.971 bits per heavy atom. The van der Waals surface area contributed by atoms with Gasteiger partial charge in [0.05, 0.1) is 16.5 Å². The van der Waals surface area contributed by atoms with Crippen LogP contribution >= 0.6 is 23.2 Å². The third kappa shape index (κ3) is 4.20. The maximum atomic E-state index is 12.9. The number of halogens is 2. The second kappa shape index (κ2) is 9.57. The maximum absolute atomic E-state index is 12.9. The molecule has 4 nitrogen and oxygen atoms in total. The van der Waals surface area contributed by atoms with Crippen molar-refractivity contribution in [2.45, 2.75) is 5.41 Å². The van der Waals surface area contributed by atoms with Crippen LogP contribution in [0.3, 0.4) is 0 Å². The molecule has 0 spiro atoms. The van der Waals surface area contributed by atoms with Crippen molar-refractivity contribution in [3.8, 4) is 11.1 Å². The highest BCUT2D eigenvalue weighted by atomic mass is 35.5. The van der Waals surface area contributed by atoms with E-state index in [0.29, 0.717) is 32.3 Å². The van der Waals surface area contributed by atoms with Crippen molar-refractivity contribution >= 4 is 35.1 Å². The molecule has 0 unspecified atom stereocenters. The van der Waals surface area contributed by atoms with E-state index in [1.807, 2.05) is 36.4 Å². The van der Waals surface area contributed by atoms with Crippen molar-refractivity contribution in [3.63, 3.8) is 0 Å². The molecule has 0 atom stereocenters. The van der Waals surface area contributed by atoms with Gasteiger partial charge in [-0.05, 0) is 58.7 Å². The molecule has 35 heavy (non-hydrogen) atoms. The van der Waals surface area contributed by atoms with Gasteiger partial charge in [0.15, 0.2) is 0 Å². The number of fused-ring (bicyclic) bond motifs is 3. The summed E-state index contributed by atoms with van der Waals surface area (Å²) in [6, 6.07) is 28.6. The van der Waals surface area contributed by atoms with Crippen LogP contribution in [0.4, 0.5) is 0 Å². The van der Waals surface area contributed by atoms with Crippen molar-refractivity contribution in [2.24, 2.45) is 0 Å². The van der Waals surface area contributed by atoms with Gasteiger partial charge in [-0.2, -0.15) is 0 Å². The molecule has 0 aromatic heterocycles. The van der Waals surface area contributed by atoms with Crippen LogP contribution < -0.4 is 0 Å². The largest absolute Gasteiger partial charge is 0.461 e. The summed E-state index contributed by atoms with van der Waals surface area (Å²) in [5, 5.41) is 0.947. The molecule has 0 fully saturated rings. The van der Waals surface area contributed by atoms with Crippen LogP contribution in [0.1, 0.15) is 31.8 Å². The minimum Gasteiger partial charge on any atom is -0.461 e. The van der Waals surface area contributed by atoms with E-state index < -0.39 is 17.4 Å². The van der Waals surface area contributed by atoms with Gasteiger partial charge in [0, 0.05) is 10.0 Å². The Morgan fingerprint density at radius 3 is 1.37 bits per heavy atom. The minimum absolute atomic E-state index is 0.115. The molecular formula is C29H20Cl2O4. The molecule has 0 heterocycles. The van der Waals surface area contributed by atoms with E-state index in [9.17, 15) is 9.59 Å². The number of ether oxygens (including phenoxy) is 2. The summed E-state index contributed by atoms with van der Waals surface area (Å²) in [6.45, 7) is -0.230. The van der Waals surface area contributed by atoms with Crippen molar-refractivity contribution in [2.75, 3.05) is 13.2 Å². The van der Waals surface area contributed by atoms with E-state index in [4.69, 9.17) is 32.7 Å². The van der Waals surface area contributed by atoms with Crippen LogP contribution in [0, 0.1) is 0 Å². The van der Waals surface area contributed by atoms with E-state index >= 15 is 0 Å². The SMILES string of the molecule is O=C(OCC1(COC(=O)c2ccccc2)c2c(Cl)cccc2-c2cccc(Cl)c21)c1ccccc1. The summed E-state index contributed by atoms with van der Waals surface area (Å²) in [6.07, 6.45) is 0. The molecule has 1 aliphatic carbocycles. The van der Waals surface area contributed by atoms with Crippen molar-refractivity contribution in [1.29, 1.82) is 0 Å². The Labute approximate surface area is 213 Å². The number of rotatable bonds is 6. The van der Waals surface area contributed by atoms with Gasteiger partial charge in [-0.3, -0.25) is 0 Å². The third-order valence-corrected chi connectivity index (χ3v) is 6.82. The fraction of sp³-hybridized carbons (Fsp3) is 0.103. The first-order valence-corrected chi connectivity index (χ1v) is 11.8. The monoisotopic (exact) mass is 502 g/mol. The van der Waals surface area contributed by atoms with E-state index in [1.165, 1.54) is 0 Å². The van der Waals surface area contributed by atoms with E-state index in [2.05, 4.69) is 0 Å². The first-order chi connectivity index (χ1) is 17.0. The van der Waals surface area contributed by atoms with Gasteiger partial charge in [-0.1, -0.05) is 83.9 Å². The second-order valence-corrected chi connectivity index (χ2v) is 9.11. The van der Waals surface area contributed by atoms with Gasteiger partial charge < -0.3 is 9.47 Å². The molecule has 0 N–H and O–H groups in total. The van der Waals surface area contributed by atoms with Gasteiger partial charge in [0.25, 0.3) is 0 Å². The first-order valence-electron chi connectivity index (χ1n) is 11.0. The zero-order valence-corrected chi connectivity index (χ0v) is 20.1. The molecule has 0 saturated heterocycles. The smallest absolute Gasteiger partial charge is 0.338 e. The maximum Gasteiger partial charge on any atom is 0.338 e. The van der Waals surface area contributed by atoms with Crippen LogP contribution in [0.2, 0.25) is 10.0 Å². The molecule has 4 aromatic rings. The summed E-state index contributed by atoms with van der Waals surface area (Å²) < 4.78 is 11.7. The Bertz CT molecular complexity index is 1290. The number of carbonyl (C=O) groups excluding carboxylic acids is 2. The summed E-state index contributed by atoms with van der Waals surface area (Å²) in [5.74, 6) is -0.984. The highest BCUT2D eigenvalue weighted by Gasteiger charge is 2.48. The van der Waals surface area contributed by atoms with Crippen molar-refractivity contribution in [3.05, 3.63) is 129 Å². The molecule has 4 aromatic carbocycles. The number of hydrogen-bond donors (Lipinski definition) is 0. The molecule has 174 valence electrons. The highest BCUT2D eigenvalue weighted by molar-refractivity contribution is 6.34. The fourth-order valence-electron chi connectivity index (χ4n) is 4.62. The predicted octanol–water partition coefficient (Wildman–Crippen LogP) is 6.97. The van der Waals surface area contributed by atoms with Crippen molar-refractivity contribution in [1.82, 2.24) is 0 Å². The summed E-state index contributed by atoms with van der Waals surface area (Å²) in [5.41, 5.74) is 2.90. The van der Waals surface area contributed by atoms with Crippen LogP contribution in [0.15, 0.2) is 97.1 Å². The number of benzene rings is 4. The normalized spacial score (nSPS) is 13.0. The molecule has 6 heteroatoms. The van der Waals surface area contributed by atoms with Crippen LogP contribution in [0.25, 0.3) is 11.1 Å². The predicted molar refractivity (Wildman–Crippen MR) is 136 cm³/mol. The molecule has 0 saturated carbocycles. The lowest BCUT2D eigenvalue weighted by atomic mass is 9.79. The van der Waals surface area contributed by atoms with Crippen LogP contribution in [-0.4, -0.2) is 25.2 Å². The zero-order valence-electron chi connectivity index (χ0n) is 18.5. The highest BCUT2D eigenvalue weighted by Crippen LogP contribution is 2.54. The van der Waals surface area contributed by atoms with Gasteiger partial charge in [0.2, 0.25) is 0 Å². The van der Waals surface area contributed by atoms with E-state index in [-0.39, 0.29) is 13.2 Å². The molecule has 1 aliphatic rings. The quantitative estimate of drug-likeness (QED) is 0.267. The van der Waals surface area contributed by atoms with E-state index in [0.717, 1.165) is 11.1 Å². The molecule has 0 radical (unpaired) electrons. The van der Waals surface area contributed by atoms with Gasteiger partial charge in [-0.15, -0.1) is 0 Å². The van der Waals surface area contributed by atoms with Crippen LogP contribution in [-0.2, 0) is 14.9 Å². The molecule has 5 rings (SSSR count).